The van der Waals surface area contributed by atoms with Gasteiger partial charge >= 0.3 is 12.2 Å². The van der Waals surface area contributed by atoms with E-state index in [2.05, 4.69) is 31.7 Å². The van der Waals surface area contributed by atoms with E-state index in [0.29, 0.717) is 42.4 Å². The first kappa shape index (κ1) is 39.1. The maximum Gasteiger partial charge on any atom is 0.407 e. The number of phenols is 1. The number of H-pyrrole nitrogens is 2. The lowest BCUT2D eigenvalue weighted by molar-refractivity contribution is -0.136. The van der Waals surface area contributed by atoms with E-state index in [0.717, 1.165) is 52.2 Å². The zero-order valence-corrected chi connectivity index (χ0v) is 33.1. The molecule has 4 atom stereocenters. The smallest absolute Gasteiger partial charge is 0.407 e. The van der Waals surface area contributed by atoms with Crippen LogP contribution in [0.4, 0.5) is 9.59 Å². The van der Waals surface area contributed by atoms with E-state index < -0.39 is 24.3 Å². The molecule has 300 valence electrons. The quantitative estimate of drug-likeness (QED) is 0.104. The molecule has 0 bridgehead atoms. The Kier molecular flexibility index (Phi) is 11.1. The van der Waals surface area contributed by atoms with Gasteiger partial charge in [-0.1, -0.05) is 52.0 Å². The van der Waals surface area contributed by atoms with Crippen LogP contribution in [0.15, 0.2) is 54.7 Å². The Balaban J connectivity index is 1.09. The number of alkyl carbamates (subject to hydrolysis) is 2. The van der Waals surface area contributed by atoms with Gasteiger partial charge in [-0.15, -0.1) is 0 Å². The molecule has 2 aromatic heterocycles. The van der Waals surface area contributed by atoms with Crippen LogP contribution in [-0.2, 0) is 19.1 Å². The summed E-state index contributed by atoms with van der Waals surface area (Å²) in [6, 6.07) is 13.6. The summed E-state index contributed by atoms with van der Waals surface area (Å²) in [4.78, 5) is 71.2. The lowest BCUT2D eigenvalue weighted by atomic mass is 9.98. The summed E-state index contributed by atoms with van der Waals surface area (Å²) in [6.45, 7) is 8.65. The minimum atomic E-state index is -0.732. The number of fused-ring (bicyclic) bond motifs is 3. The molecule has 7 rings (SSSR count). The molecule has 2 fully saturated rings. The summed E-state index contributed by atoms with van der Waals surface area (Å²) in [5.74, 6) is 0.783. The number of hydrogen-bond acceptors (Lipinski definition) is 9. The van der Waals surface area contributed by atoms with Crippen molar-refractivity contribution in [3.63, 3.8) is 0 Å². The molecule has 0 spiro atoms. The van der Waals surface area contributed by atoms with E-state index in [1.54, 1.807) is 22.1 Å². The van der Waals surface area contributed by atoms with Gasteiger partial charge in [0.1, 0.15) is 29.5 Å². The number of benzene rings is 3. The number of aromatic nitrogens is 4. The number of methoxy groups -OCH3 is 2. The monoisotopic (exact) mass is 778 g/mol. The summed E-state index contributed by atoms with van der Waals surface area (Å²) in [5, 5.41) is 18.6. The first-order valence-corrected chi connectivity index (χ1v) is 19.5. The van der Waals surface area contributed by atoms with Crippen LogP contribution in [0.1, 0.15) is 77.1 Å². The number of amides is 4. The molecule has 4 amide bonds. The van der Waals surface area contributed by atoms with Gasteiger partial charge in [0.2, 0.25) is 11.8 Å². The number of aromatic amines is 2. The maximum atomic E-state index is 13.7. The highest BCUT2D eigenvalue weighted by atomic mass is 16.5. The normalized spacial score (nSPS) is 18.0. The van der Waals surface area contributed by atoms with E-state index >= 15 is 0 Å². The number of nitrogens with one attached hydrogen (secondary N) is 4. The first-order valence-electron chi connectivity index (χ1n) is 19.5. The second-order valence-corrected chi connectivity index (χ2v) is 15.5. The Hall–Kier alpha value is -6.12. The van der Waals surface area contributed by atoms with Gasteiger partial charge in [-0.2, -0.15) is 0 Å². The predicted molar refractivity (Wildman–Crippen MR) is 214 cm³/mol. The Morgan fingerprint density at radius 2 is 1.35 bits per heavy atom. The van der Waals surface area contributed by atoms with Crippen molar-refractivity contribution in [2.75, 3.05) is 27.3 Å². The number of aromatic hydroxyl groups is 1. The maximum absolute atomic E-state index is 13.7. The Bertz CT molecular complexity index is 2320. The summed E-state index contributed by atoms with van der Waals surface area (Å²) in [5.41, 5.74) is 4.60. The molecular formula is C42H50N8O7. The fourth-order valence-corrected chi connectivity index (χ4v) is 8.13. The van der Waals surface area contributed by atoms with Gasteiger partial charge in [-0.05, 0) is 78.3 Å². The van der Waals surface area contributed by atoms with Crippen molar-refractivity contribution in [2.45, 2.75) is 77.5 Å². The molecule has 15 nitrogen and oxygen atoms in total. The van der Waals surface area contributed by atoms with Gasteiger partial charge in [0.25, 0.3) is 0 Å². The van der Waals surface area contributed by atoms with Crippen LogP contribution in [0.2, 0.25) is 0 Å². The van der Waals surface area contributed by atoms with Crippen molar-refractivity contribution in [2.24, 2.45) is 11.8 Å². The molecule has 0 unspecified atom stereocenters. The molecule has 3 aromatic carbocycles. The molecule has 0 aliphatic carbocycles. The molecule has 4 heterocycles. The van der Waals surface area contributed by atoms with E-state index in [1.165, 1.54) is 14.2 Å². The van der Waals surface area contributed by atoms with Crippen LogP contribution in [-0.4, -0.2) is 98.2 Å². The second kappa shape index (κ2) is 16.2. The van der Waals surface area contributed by atoms with Crippen molar-refractivity contribution >= 4 is 45.8 Å². The number of carbonyl (C=O) groups excluding carboxylic acids is 4. The Labute approximate surface area is 330 Å². The van der Waals surface area contributed by atoms with Gasteiger partial charge in [0.05, 0.1) is 49.2 Å². The molecule has 57 heavy (non-hydrogen) atoms. The number of hydrogen-bond donors (Lipinski definition) is 5. The van der Waals surface area contributed by atoms with E-state index in [4.69, 9.17) is 14.5 Å². The lowest BCUT2D eigenvalue weighted by Crippen LogP contribution is -2.51. The van der Waals surface area contributed by atoms with Crippen molar-refractivity contribution in [3.8, 4) is 28.1 Å². The van der Waals surface area contributed by atoms with Crippen LogP contribution >= 0.6 is 0 Å². The average Bonchev–Trinajstić information content (AvgIpc) is 4.04. The van der Waals surface area contributed by atoms with Gasteiger partial charge in [0, 0.05) is 24.0 Å². The highest BCUT2D eigenvalue weighted by Gasteiger charge is 2.39. The molecule has 2 saturated heterocycles. The number of imidazole rings is 2. The van der Waals surface area contributed by atoms with Crippen LogP contribution in [0, 0.1) is 11.8 Å². The van der Waals surface area contributed by atoms with Gasteiger partial charge in [0.15, 0.2) is 0 Å². The van der Waals surface area contributed by atoms with Gasteiger partial charge in [-0.25, -0.2) is 19.6 Å². The molecule has 5 aromatic rings. The van der Waals surface area contributed by atoms with E-state index in [1.807, 2.05) is 64.1 Å². The highest BCUT2D eigenvalue weighted by Crippen LogP contribution is 2.38. The molecule has 2 aliphatic heterocycles. The van der Waals surface area contributed by atoms with Crippen molar-refractivity contribution < 1.29 is 33.8 Å². The predicted octanol–water partition coefficient (Wildman–Crippen LogP) is 6.57. The minimum Gasteiger partial charge on any atom is -0.507 e. The number of rotatable bonds is 10. The second-order valence-electron chi connectivity index (χ2n) is 15.5. The number of phenolic OH excluding ortho intramolecular Hbond substituents is 1. The third-order valence-electron chi connectivity index (χ3n) is 11.2. The lowest BCUT2D eigenvalue weighted by Gasteiger charge is -2.30. The van der Waals surface area contributed by atoms with Crippen molar-refractivity contribution in [1.29, 1.82) is 0 Å². The number of likely N-dealkylation sites (tertiary alicyclic amines) is 2. The summed E-state index contributed by atoms with van der Waals surface area (Å²) in [7, 11) is 2.55. The van der Waals surface area contributed by atoms with Gasteiger partial charge < -0.3 is 45.0 Å². The van der Waals surface area contributed by atoms with Crippen molar-refractivity contribution in [3.05, 3.63) is 66.4 Å². The SMILES string of the molecule is COC(=O)N[C@H](C(=O)N1CCC[C@H]1c1ncc(-c2ccc(-c3ccc4c(ccc5[nH]c([C@@H]6CCCN6C(=O)[C@@H](NC(=O)OC)C(C)C)nc54)c3)cc2O)[nH]1)C(C)C. The minimum absolute atomic E-state index is 0.0776. The zero-order valence-electron chi connectivity index (χ0n) is 33.1. The van der Waals surface area contributed by atoms with Crippen LogP contribution in [0.25, 0.3) is 44.2 Å². The number of nitrogens with zero attached hydrogens (tertiary/aromatic N) is 4. The number of ether oxygens (including phenoxy) is 2. The highest BCUT2D eigenvalue weighted by molar-refractivity contribution is 6.05. The van der Waals surface area contributed by atoms with Crippen LogP contribution < -0.4 is 10.6 Å². The average molecular weight is 779 g/mol. The Morgan fingerprint density at radius 1 is 0.772 bits per heavy atom. The van der Waals surface area contributed by atoms with Crippen LogP contribution in [0.5, 0.6) is 5.75 Å². The fourth-order valence-electron chi connectivity index (χ4n) is 8.13. The molecule has 0 radical (unpaired) electrons. The Morgan fingerprint density at radius 3 is 1.93 bits per heavy atom. The first-order chi connectivity index (χ1) is 27.4. The molecule has 5 N–H and O–H groups in total. The zero-order chi connectivity index (χ0) is 40.5. The summed E-state index contributed by atoms with van der Waals surface area (Å²) in [6.07, 6.45) is 3.47. The summed E-state index contributed by atoms with van der Waals surface area (Å²) < 4.78 is 9.52. The third kappa shape index (κ3) is 7.70. The van der Waals surface area contributed by atoms with E-state index in [-0.39, 0.29) is 41.5 Å². The molecular weight excluding hydrogens is 729 g/mol. The van der Waals surface area contributed by atoms with Crippen molar-refractivity contribution in [1.82, 2.24) is 40.4 Å². The summed E-state index contributed by atoms with van der Waals surface area (Å²) >= 11 is 0. The number of carbonyl (C=O) groups is 4. The molecule has 15 heteroatoms. The van der Waals surface area contributed by atoms with E-state index in [9.17, 15) is 24.3 Å². The largest absolute Gasteiger partial charge is 0.507 e. The molecule has 2 aliphatic rings. The fraction of sp³-hybridized carbons (Fsp3) is 0.429. The third-order valence-corrected chi connectivity index (χ3v) is 11.2. The molecule has 0 saturated carbocycles. The topological polar surface area (TPSA) is 195 Å². The van der Waals surface area contributed by atoms with Gasteiger partial charge in [-0.3, -0.25) is 9.59 Å². The van der Waals surface area contributed by atoms with Crippen LogP contribution in [0.3, 0.4) is 0 Å². The standard InChI is InChI=1S/C42H50N8O7/c1-22(2)34(47-41(54)56-5)39(52)49-17-7-9-31(49)37-43-21-30(45-37)28-15-12-25(20-33(28)51)24-11-14-27-26(19-24)13-16-29-36(27)46-38(44-29)32-10-8-18-50(32)40(53)35(23(3)4)48-42(55)57-6/h11-16,19-23,31-32,34-35,51H,7-10,17-18H2,1-6H3,(H,43,45)(H,44,46)(H,47,54)(H,48,55)/t31-,32-,34-,35-/m0/s1.